The third-order valence-corrected chi connectivity index (χ3v) is 5.21. The highest BCUT2D eigenvalue weighted by Gasteiger charge is 2.25. The predicted molar refractivity (Wildman–Crippen MR) is 88.9 cm³/mol. The Bertz CT molecular complexity index is 815. The lowest BCUT2D eigenvalue weighted by Crippen LogP contribution is -1.94. The zero-order valence-electron chi connectivity index (χ0n) is 12.4. The summed E-state index contributed by atoms with van der Waals surface area (Å²) in [4.78, 5) is 9.55. The summed E-state index contributed by atoms with van der Waals surface area (Å²) >= 11 is 1.74. The van der Waals surface area contributed by atoms with Crippen molar-refractivity contribution >= 4 is 21.6 Å². The third-order valence-electron chi connectivity index (χ3n) is 4.16. The Morgan fingerprint density at radius 2 is 2.10 bits per heavy atom. The van der Waals surface area contributed by atoms with Crippen LogP contribution in [0, 0.1) is 6.92 Å². The van der Waals surface area contributed by atoms with Gasteiger partial charge in [0.25, 0.3) is 0 Å². The average molecular weight is 294 g/mol. The van der Waals surface area contributed by atoms with Crippen LogP contribution in [-0.2, 0) is 6.42 Å². The summed E-state index contributed by atoms with van der Waals surface area (Å²) < 4.78 is 1.24. The number of hydrogen-bond donors (Lipinski definition) is 0. The second-order valence-electron chi connectivity index (χ2n) is 5.89. The second-order valence-corrected chi connectivity index (χ2v) is 6.93. The van der Waals surface area contributed by atoms with Crippen LogP contribution in [0.4, 0.5) is 0 Å². The van der Waals surface area contributed by atoms with E-state index in [1.807, 2.05) is 0 Å². The van der Waals surface area contributed by atoms with Crippen molar-refractivity contribution in [2.24, 2.45) is 0 Å². The minimum absolute atomic E-state index is 0.759. The molecule has 0 N–H and O–H groups in total. The monoisotopic (exact) mass is 294 g/mol. The third kappa shape index (κ3) is 2.36. The van der Waals surface area contributed by atoms with Gasteiger partial charge in [-0.25, -0.2) is 4.98 Å². The van der Waals surface area contributed by atoms with Gasteiger partial charge >= 0.3 is 0 Å². The van der Waals surface area contributed by atoms with E-state index in [0.29, 0.717) is 0 Å². The molecule has 2 heterocycles. The molecule has 0 aliphatic heterocycles. The highest BCUT2D eigenvalue weighted by Crippen LogP contribution is 2.41. The van der Waals surface area contributed by atoms with Crippen LogP contribution in [-0.4, -0.2) is 9.97 Å². The maximum absolute atomic E-state index is 4.80. The Labute approximate surface area is 128 Å². The molecule has 0 radical (unpaired) electrons. The number of rotatable bonds is 3. The Hall–Kier alpha value is -1.74. The number of benzene rings is 1. The van der Waals surface area contributed by atoms with Crippen molar-refractivity contribution < 1.29 is 0 Å². The van der Waals surface area contributed by atoms with Gasteiger partial charge in [0, 0.05) is 6.20 Å². The highest BCUT2D eigenvalue weighted by atomic mass is 32.1. The van der Waals surface area contributed by atoms with E-state index in [2.05, 4.69) is 44.3 Å². The molecule has 106 valence electrons. The molecule has 0 amide bonds. The molecular weight excluding hydrogens is 276 g/mol. The van der Waals surface area contributed by atoms with Crippen LogP contribution >= 0.6 is 11.3 Å². The van der Waals surface area contributed by atoms with Gasteiger partial charge in [-0.15, -0.1) is 11.3 Å². The van der Waals surface area contributed by atoms with E-state index in [4.69, 9.17) is 9.97 Å². The number of hydrogen-bond acceptors (Lipinski definition) is 3. The van der Waals surface area contributed by atoms with Crippen LogP contribution < -0.4 is 0 Å². The topological polar surface area (TPSA) is 25.8 Å². The zero-order chi connectivity index (χ0) is 14.4. The molecule has 4 rings (SSSR count). The van der Waals surface area contributed by atoms with Crippen molar-refractivity contribution in [2.45, 2.75) is 39.0 Å². The van der Waals surface area contributed by atoms with E-state index >= 15 is 0 Å². The first kappa shape index (κ1) is 13.0. The molecule has 0 bridgehead atoms. The van der Waals surface area contributed by atoms with Crippen molar-refractivity contribution in [3.8, 4) is 10.7 Å². The van der Waals surface area contributed by atoms with Crippen molar-refractivity contribution in [2.75, 3.05) is 0 Å². The first-order valence-electron chi connectivity index (χ1n) is 7.61. The Morgan fingerprint density at radius 1 is 1.24 bits per heavy atom. The lowest BCUT2D eigenvalue weighted by Gasteiger charge is -2.06. The van der Waals surface area contributed by atoms with Gasteiger partial charge in [0.1, 0.15) is 10.7 Å². The van der Waals surface area contributed by atoms with E-state index in [0.717, 1.165) is 28.6 Å². The first-order chi connectivity index (χ1) is 10.2. The normalized spacial score (nSPS) is 14.8. The van der Waals surface area contributed by atoms with Crippen molar-refractivity contribution in [1.82, 2.24) is 9.97 Å². The molecule has 1 aromatic carbocycles. The molecule has 3 heteroatoms. The maximum Gasteiger partial charge on any atom is 0.143 e. The quantitative estimate of drug-likeness (QED) is 0.671. The number of fused-ring (bicyclic) bond motifs is 1. The molecule has 2 aromatic heterocycles. The number of pyridine rings is 1. The summed E-state index contributed by atoms with van der Waals surface area (Å²) in [7, 11) is 0. The lowest BCUT2D eigenvalue weighted by molar-refractivity contribution is 1.04. The second kappa shape index (κ2) is 4.92. The summed E-state index contributed by atoms with van der Waals surface area (Å²) in [6.45, 7) is 4.31. The lowest BCUT2D eigenvalue weighted by atomic mass is 10.1. The predicted octanol–water partition coefficient (Wildman–Crippen LogP) is 5.11. The molecule has 0 saturated heterocycles. The maximum atomic E-state index is 4.80. The van der Waals surface area contributed by atoms with E-state index in [1.165, 1.54) is 34.2 Å². The molecular formula is C18H18N2S. The van der Waals surface area contributed by atoms with Crippen LogP contribution in [0.15, 0.2) is 30.5 Å². The van der Waals surface area contributed by atoms with Gasteiger partial charge in [0.05, 0.1) is 10.2 Å². The summed E-state index contributed by atoms with van der Waals surface area (Å²) in [5, 5.41) is 1.05. The van der Waals surface area contributed by atoms with Gasteiger partial charge in [0.2, 0.25) is 0 Å². The summed E-state index contributed by atoms with van der Waals surface area (Å²) in [6.07, 6.45) is 5.72. The molecule has 1 fully saturated rings. The van der Waals surface area contributed by atoms with Gasteiger partial charge in [-0.2, -0.15) is 0 Å². The highest BCUT2D eigenvalue weighted by molar-refractivity contribution is 7.21. The molecule has 0 atom stereocenters. The van der Waals surface area contributed by atoms with Gasteiger partial charge in [-0.1, -0.05) is 19.1 Å². The summed E-state index contributed by atoms with van der Waals surface area (Å²) in [5.41, 5.74) is 6.15. The molecule has 1 saturated carbocycles. The van der Waals surface area contributed by atoms with E-state index in [1.54, 1.807) is 11.3 Å². The van der Waals surface area contributed by atoms with Crippen LogP contribution in [0.25, 0.3) is 20.9 Å². The molecule has 21 heavy (non-hydrogen) atoms. The Balaban J connectivity index is 1.83. The minimum atomic E-state index is 0.759. The van der Waals surface area contributed by atoms with Crippen LogP contribution in [0.2, 0.25) is 0 Å². The van der Waals surface area contributed by atoms with Crippen LogP contribution in [0.5, 0.6) is 0 Å². The zero-order valence-corrected chi connectivity index (χ0v) is 13.2. The van der Waals surface area contributed by atoms with E-state index in [-0.39, 0.29) is 0 Å². The van der Waals surface area contributed by atoms with Gasteiger partial charge < -0.3 is 0 Å². The summed E-state index contributed by atoms with van der Waals surface area (Å²) in [6, 6.07) is 8.81. The molecule has 3 aromatic rings. The summed E-state index contributed by atoms with van der Waals surface area (Å²) in [5.74, 6) is 0.759. The molecule has 1 aliphatic rings. The van der Waals surface area contributed by atoms with Gasteiger partial charge in [-0.3, -0.25) is 4.98 Å². The smallest absolute Gasteiger partial charge is 0.143 e. The number of thiazole rings is 1. The number of aryl methyl sites for hydroxylation is 2. The number of nitrogens with zero attached hydrogens (tertiary/aromatic N) is 2. The number of aromatic nitrogens is 2. The Kier molecular flexibility index (Phi) is 3.03. The fourth-order valence-electron chi connectivity index (χ4n) is 2.77. The standard InChI is InChI=1S/C18H18N2S/c1-3-12-9-14(13-5-6-13)10-19-17(12)18-20-15-8-11(2)4-7-16(15)21-18/h4,7-10,13H,3,5-6H2,1-2H3. The van der Waals surface area contributed by atoms with Crippen LogP contribution in [0.3, 0.4) is 0 Å². The molecule has 0 spiro atoms. The minimum Gasteiger partial charge on any atom is -0.253 e. The van der Waals surface area contributed by atoms with Crippen molar-refractivity contribution in [1.29, 1.82) is 0 Å². The Morgan fingerprint density at radius 3 is 2.86 bits per heavy atom. The van der Waals surface area contributed by atoms with Crippen LogP contribution in [0.1, 0.15) is 42.4 Å². The SMILES string of the molecule is CCc1cc(C2CC2)cnc1-c1nc2cc(C)ccc2s1. The molecule has 0 unspecified atom stereocenters. The van der Waals surface area contributed by atoms with Gasteiger partial charge in [-0.05, 0) is 60.9 Å². The van der Waals surface area contributed by atoms with E-state index in [9.17, 15) is 0 Å². The largest absolute Gasteiger partial charge is 0.253 e. The van der Waals surface area contributed by atoms with Gasteiger partial charge in [0.15, 0.2) is 0 Å². The molecule has 1 aliphatic carbocycles. The molecule has 2 nitrogen and oxygen atoms in total. The van der Waals surface area contributed by atoms with Crippen molar-refractivity contribution in [3.63, 3.8) is 0 Å². The van der Waals surface area contributed by atoms with E-state index < -0.39 is 0 Å². The van der Waals surface area contributed by atoms with Crippen molar-refractivity contribution in [3.05, 3.63) is 47.2 Å². The first-order valence-corrected chi connectivity index (χ1v) is 8.42. The average Bonchev–Trinajstić information content (AvgIpc) is 3.26. The fourth-order valence-corrected chi connectivity index (χ4v) is 3.75. The fraction of sp³-hybridized carbons (Fsp3) is 0.333.